The fourth-order valence-electron chi connectivity index (χ4n) is 2.49. The number of anilines is 1. The number of aromatic nitrogens is 2. The average Bonchev–Trinajstić information content (AvgIpc) is 2.76. The molecule has 1 N–H and O–H groups in total. The molecule has 1 aliphatic rings. The topological polar surface area (TPSA) is 53.6 Å². The SMILES string of the molecule is CNc1c(C#N)c(-c2ccc(Br)cc2)nn1C1CCC1. The summed E-state index contributed by atoms with van der Waals surface area (Å²) in [6.45, 7) is 0. The van der Waals surface area contributed by atoms with Crippen LogP contribution < -0.4 is 5.32 Å². The Bertz CT molecular complexity index is 662. The first kappa shape index (κ1) is 13.2. The summed E-state index contributed by atoms with van der Waals surface area (Å²) < 4.78 is 3.01. The van der Waals surface area contributed by atoms with E-state index in [4.69, 9.17) is 5.10 Å². The minimum absolute atomic E-state index is 0.425. The Morgan fingerprint density at radius 2 is 2.05 bits per heavy atom. The summed E-state index contributed by atoms with van der Waals surface area (Å²) in [6, 6.07) is 10.6. The van der Waals surface area contributed by atoms with Crippen molar-refractivity contribution in [1.82, 2.24) is 9.78 Å². The molecule has 20 heavy (non-hydrogen) atoms. The van der Waals surface area contributed by atoms with E-state index >= 15 is 0 Å². The van der Waals surface area contributed by atoms with Crippen molar-refractivity contribution in [2.75, 3.05) is 12.4 Å². The summed E-state index contributed by atoms with van der Waals surface area (Å²) in [5.41, 5.74) is 2.36. The first-order chi connectivity index (χ1) is 9.74. The molecule has 1 aliphatic carbocycles. The molecule has 0 unspecified atom stereocenters. The third-order valence-electron chi connectivity index (χ3n) is 3.80. The van der Waals surface area contributed by atoms with Crippen molar-refractivity contribution < 1.29 is 0 Å². The Balaban J connectivity index is 2.12. The second kappa shape index (κ2) is 5.29. The lowest BCUT2D eigenvalue weighted by Gasteiger charge is -2.27. The lowest BCUT2D eigenvalue weighted by molar-refractivity contribution is 0.293. The van der Waals surface area contributed by atoms with E-state index in [0.717, 1.165) is 34.4 Å². The van der Waals surface area contributed by atoms with Crippen LogP contribution in [0.15, 0.2) is 28.7 Å². The molecule has 2 aromatic rings. The summed E-state index contributed by atoms with van der Waals surface area (Å²) in [7, 11) is 1.85. The molecule has 1 aromatic heterocycles. The van der Waals surface area contributed by atoms with Gasteiger partial charge in [-0.2, -0.15) is 10.4 Å². The Hall–Kier alpha value is -1.80. The van der Waals surface area contributed by atoms with Crippen LogP contribution in [0.25, 0.3) is 11.3 Å². The zero-order valence-electron chi connectivity index (χ0n) is 11.2. The third kappa shape index (κ3) is 2.10. The molecular formula is C15H15BrN4. The number of nitrogens with zero attached hydrogens (tertiary/aromatic N) is 3. The monoisotopic (exact) mass is 330 g/mol. The van der Waals surface area contributed by atoms with Crippen molar-refractivity contribution in [3.8, 4) is 17.3 Å². The second-order valence-corrected chi connectivity index (χ2v) is 5.89. The molecule has 4 nitrogen and oxygen atoms in total. The van der Waals surface area contributed by atoms with Crippen molar-refractivity contribution in [3.63, 3.8) is 0 Å². The van der Waals surface area contributed by atoms with E-state index < -0.39 is 0 Å². The van der Waals surface area contributed by atoms with E-state index in [1.165, 1.54) is 6.42 Å². The van der Waals surface area contributed by atoms with Gasteiger partial charge >= 0.3 is 0 Å². The lowest BCUT2D eigenvalue weighted by atomic mass is 9.93. The van der Waals surface area contributed by atoms with Crippen LogP contribution in [0.2, 0.25) is 0 Å². The predicted molar refractivity (Wildman–Crippen MR) is 82.5 cm³/mol. The van der Waals surface area contributed by atoms with Crippen LogP contribution in [-0.4, -0.2) is 16.8 Å². The molecular weight excluding hydrogens is 316 g/mol. The normalized spacial score (nSPS) is 14.7. The molecule has 0 bridgehead atoms. The van der Waals surface area contributed by atoms with E-state index in [-0.39, 0.29) is 0 Å². The summed E-state index contributed by atoms with van der Waals surface area (Å²) in [5, 5.41) is 17.3. The molecule has 102 valence electrons. The van der Waals surface area contributed by atoms with Gasteiger partial charge in [0.05, 0.1) is 6.04 Å². The number of nitrogens with one attached hydrogen (secondary N) is 1. The number of hydrogen-bond acceptors (Lipinski definition) is 3. The Morgan fingerprint density at radius 1 is 1.35 bits per heavy atom. The van der Waals surface area contributed by atoms with Crippen LogP contribution in [-0.2, 0) is 0 Å². The largest absolute Gasteiger partial charge is 0.372 e. The Labute approximate surface area is 126 Å². The van der Waals surface area contributed by atoms with Crippen LogP contribution in [0.5, 0.6) is 0 Å². The highest BCUT2D eigenvalue weighted by Gasteiger charge is 2.27. The van der Waals surface area contributed by atoms with Gasteiger partial charge in [-0.15, -0.1) is 0 Å². The molecule has 1 heterocycles. The Morgan fingerprint density at radius 3 is 2.55 bits per heavy atom. The predicted octanol–water partition coefficient (Wildman–Crippen LogP) is 3.95. The molecule has 1 aromatic carbocycles. The minimum atomic E-state index is 0.425. The average molecular weight is 331 g/mol. The van der Waals surface area contributed by atoms with Crippen molar-refractivity contribution in [2.24, 2.45) is 0 Å². The van der Waals surface area contributed by atoms with Crippen molar-refractivity contribution in [3.05, 3.63) is 34.3 Å². The van der Waals surface area contributed by atoms with Crippen LogP contribution in [0.4, 0.5) is 5.82 Å². The number of halogens is 1. The van der Waals surface area contributed by atoms with Gasteiger partial charge in [0.15, 0.2) is 0 Å². The quantitative estimate of drug-likeness (QED) is 0.926. The maximum atomic E-state index is 9.48. The molecule has 0 saturated heterocycles. The van der Waals surface area contributed by atoms with Crippen LogP contribution in [0.3, 0.4) is 0 Å². The standard InChI is InChI=1S/C15H15BrN4/c1-18-15-13(9-17)14(10-5-7-11(16)8-6-10)19-20(15)12-3-2-4-12/h5-8,12,18H,2-4H2,1H3. The summed E-state index contributed by atoms with van der Waals surface area (Å²) in [6.07, 6.45) is 3.52. The fourth-order valence-corrected chi connectivity index (χ4v) is 2.75. The molecule has 5 heteroatoms. The summed E-state index contributed by atoms with van der Waals surface area (Å²) >= 11 is 3.43. The van der Waals surface area contributed by atoms with Gasteiger partial charge in [0, 0.05) is 17.1 Å². The maximum absolute atomic E-state index is 9.48. The maximum Gasteiger partial charge on any atom is 0.143 e. The second-order valence-electron chi connectivity index (χ2n) is 4.97. The molecule has 0 radical (unpaired) electrons. The molecule has 0 atom stereocenters. The van der Waals surface area contributed by atoms with Crippen LogP contribution in [0.1, 0.15) is 30.9 Å². The first-order valence-electron chi connectivity index (χ1n) is 6.71. The summed E-state index contributed by atoms with van der Waals surface area (Å²) in [4.78, 5) is 0. The van der Waals surface area contributed by atoms with Gasteiger partial charge in [0.1, 0.15) is 23.1 Å². The van der Waals surface area contributed by atoms with Crippen molar-refractivity contribution >= 4 is 21.7 Å². The van der Waals surface area contributed by atoms with Gasteiger partial charge in [0.25, 0.3) is 0 Å². The first-order valence-corrected chi connectivity index (χ1v) is 7.50. The minimum Gasteiger partial charge on any atom is -0.372 e. The fraction of sp³-hybridized carbons (Fsp3) is 0.333. The molecule has 1 fully saturated rings. The van der Waals surface area contributed by atoms with E-state index in [9.17, 15) is 5.26 Å². The number of nitriles is 1. The van der Waals surface area contributed by atoms with Gasteiger partial charge in [-0.25, -0.2) is 4.68 Å². The zero-order valence-corrected chi connectivity index (χ0v) is 12.8. The number of hydrogen-bond donors (Lipinski definition) is 1. The molecule has 0 amide bonds. The molecule has 0 spiro atoms. The molecule has 3 rings (SSSR count). The Kier molecular flexibility index (Phi) is 3.49. The van der Waals surface area contributed by atoms with Gasteiger partial charge in [-0.1, -0.05) is 28.1 Å². The highest BCUT2D eigenvalue weighted by atomic mass is 79.9. The van der Waals surface area contributed by atoms with E-state index in [1.807, 2.05) is 36.0 Å². The third-order valence-corrected chi connectivity index (χ3v) is 4.33. The highest BCUT2D eigenvalue weighted by molar-refractivity contribution is 9.10. The number of benzene rings is 1. The van der Waals surface area contributed by atoms with Crippen LogP contribution >= 0.6 is 15.9 Å². The van der Waals surface area contributed by atoms with Crippen molar-refractivity contribution in [1.29, 1.82) is 5.26 Å². The van der Waals surface area contributed by atoms with Gasteiger partial charge < -0.3 is 5.32 Å². The number of rotatable bonds is 3. The molecule has 1 saturated carbocycles. The zero-order chi connectivity index (χ0) is 14.1. The van der Waals surface area contributed by atoms with Gasteiger partial charge in [0.2, 0.25) is 0 Å². The van der Waals surface area contributed by atoms with E-state index in [2.05, 4.69) is 27.3 Å². The lowest BCUT2D eigenvalue weighted by Crippen LogP contribution is -2.19. The smallest absolute Gasteiger partial charge is 0.143 e. The van der Waals surface area contributed by atoms with Crippen molar-refractivity contribution in [2.45, 2.75) is 25.3 Å². The van der Waals surface area contributed by atoms with Gasteiger partial charge in [-0.3, -0.25) is 0 Å². The van der Waals surface area contributed by atoms with Gasteiger partial charge in [-0.05, 0) is 31.4 Å². The van der Waals surface area contributed by atoms with Crippen LogP contribution in [0, 0.1) is 11.3 Å². The highest BCUT2D eigenvalue weighted by Crippen LogP contribution is 2.37. The van der Waals surface area contributed by atoms with E-state index in [1.54, 1.807) is 0 Å². The van der Waals surface area contributed by atoms with E-state index in [0.29, 0.717) is 11.6 Å². The summed E-state index contributed by atoms with van der Waals surface area (Å²) in [5.74, 6) is 0.829. The molecule has 0 aliphatic heterocycles.